The third-order valence-corrected chi connectivity index (χ3v) is 33.0. The average molecular weight is 869 g/mol. The van der Waals surface area contributed by atoms with Crippen molar-refractivity contribution in [2.75, 3.05) is 36.0 Å². The molecule has 2 nitrogen and oxygen atoms in total. The van der Waals surface area contributed by atoms with Crippen molar-refractivity contribution in [2.45, 2.75) is 27.7 Å². The first kappa shape index (κ1) is 27.3. The second-order valence-electron chi connectivity index (χ2n) is 8.85. The summed E-state index contributed by atoms with van der Waals surface area (Å²) in [5, 5.41) is 0. The summed E-state index contributed by atoms with van der Waals surface area (Å²) in [5.41, 5.74) is 8.28. The van der Waals surface area contributed by atoms with Crippen LogP contribution in [0.2, 0.25) is 0 Å². The Labute approximate surface area is 235 Å². The molecule has 186 valence electrons. The van der Waals surface area contributed by atoms with Crippen LogP contribution in [0.25, 0.3) is 22.3 Å². The van der Waals surface area contributed by atoms with Gasteiger partial charge in [-0.3, -0.25) is 0 Å². The first-order valence-corrected chi connectivity index (χ1v) is 36.1. The summed E-state index contributed by atoms with van der Waals surface area (Å²) in [6.45, 7) is 13.1. The third kappa shape index (κ3) is 6.03. The molecule has 0 N–H and O–H groups in total. The molecule has 0 aliphatic rings. The Morgan fingerprint density at radius 3 is 1.22 bits per heavy atom. The van der Waals surface area contributed by atoms with Crippen LogP contribution < -0.4 is 16.3 Å². The Hall–Kier alpha value is -1.75. The number of hydrogen-bond donors (Lipinski definition) is 0. The van der Waals surface area contributed by atoms with E-state index in [-0.39, 0.29) is 0 Å². The van der Waals surface area contributed by atoms with E-state index >= 15 is 0 Å². The molecule has 0 fully saturated rings. The molecule has 4 heteroatoms. The summed E-state index contributed by atoms with van der Waals surface area (Å²) in [5.74, 6) is 0. The van der Waals surface area contributed by atoms with Crippen LogP contribution in [0.1, 0.15) is 27.7 Å². The van der Waals surface area contributed by atoms with Gasteiger partial charge in [-0.15, -0.1) is 0 Å². The molecule has 0 amide bonds. The fourth-order valence-corrected chi connectivity index (χ4v) is 26.6. The van der Waals surface area contributed by atoms with Crippen LogP contribution in [0.3, 0.4) is 0 Å². The van der Waals surface area contributed by atoms with Gasteiger partial charge in [0, 0.05) is 0 Å². The van der Waals surface area contributed by atoms with E-state index in [1.54, 1.807) is 6.54 Å². The molecule has 4 aromatic carbocycles. The molecule has 0 aromatic heterocycles. The van der Waals surface area contributed by atoms with Crippen molar-refractivity contribution in [3.8, 4) is 22.3 Å². The third-order valence-electron chi connectivity index (χ3n) is 6.91. The van der Waals surface area contributed by atoms with E-state index in [1.165, 1.54) is 33.6 Å². The zero-order valence-corrected chi connectivity index (χ0v) is 30.0. The summed E-state index contributed by atoms with van der Waals surface area (Å²) < 4.78 is 3.29. The number of rotatable bonds is 10. The van der Waals surface area contributed by atoms with Crippen LogP contribution in [0.15, 0.2) is 97.1 Å². The van der Waals surface area contributed by atoms with Crippen molar-refractivity contribution < 1.29 is 0 Å². The van der Waals surface area contributed by atoms with E-state index < -0.39 is 17.0 Å². The van der Waals surface area contributed by atoms with Gasteiger partial charge in [0.1, 0.15) is 0 Å². The van der Waals surface area contributed by atoms with Crippen molar-refractivity contribution in [3.63, 3.8) is 0 Å². The quantitative estimate of drug-likeness (QED) is 0.196. The van der Waals surface area contributed by atoms with Gasteiger partial charge in [0.2, 0.25) is 0 Å². The molecule has 0 aliphatic carbocycles. The summed E-state index contributed by atoms with van der Waals surface area (Å²) in [6, 6.07) is 36.8. The fraction of sp³-hybridized carbons (Fsp3) is 0.250. The average Bonchev–Trinajstić information content (AvgIpc) is 2.95. The van der Waals surface area contributed by atoms with E-state index in [9.17, 15) is 0 Å². The van der Waals surface area contributed by atoms with Crippen LogP contribution in [0.5, 0.6) is 0 Å². The first-order chi connectivity index (χ1) is 17.6. The topological polar surface area (TPSA) is 6.48 Å². The number of nitrogens with zero attached hydrogens (tertiary/aromatic N) is 2. The van der Waals surface area contributed by atoms with Crippen molar-refractivity contribution in [2.24, 2.45) is 0 Å². The van der Waals surface area contributed by atoms with Crippen molar-refractivity contribution in [1.82, 2.24) is 0 Å². The SMILES string of the molecule is CCN(CC)c1cc[c]([Bi]([BiH2])[c]2ccc(N(CC)CC)cc2-c2ccccc2)c(-c2ccccc2)c1. The molecule has 0 aliphatic heterocycles. The molecule has 0 spiro atoms. The monoisotopic (exact) mass is 868 g/mol. The molecule has 0 radical (unpaired) electrons. The minimum absolute atomic E-state index is 0.966. The molecule has 0 unspecified atom stereocenters. The van der Waals surface area contributed by atoms with Gasteiger partial charge in [0.05, 0.1) is 0 Å². The first-order valence-electron chi connectivity index (χ1n) is 13.0. The van der Waals surface area contributed by atoms with Crippen LogP contribution in [0.4, 0.5) is 11.4 Å². The van der Waals surface area contributed by atoms with Crippen molar-refractivity contribution >= 4 is 54.8 Å². The molecule has 0 saturated carbocycles. The summed E-state index contributed by atoms with van der Waals surface area (Å²) in [7, 11) is 0. The van der Waals surface area contributed by atoms with Gasteiger partial charge >= 0.3 is 238 Å². The van der Waals surface area contributed by atoms with Gasteiger partial charge in [0.25, 0.3) is 0 Å². The normalized spacial score (nSPS) is 11.1. The molecular formula is C32H38Bi2N2. The Balaban J connectivity index is 1.88. The van der Waals surface area contributed by atoms with Gasteiger partial charge in [-0.1, -0.05) is 0 Å². The molecular weight excluding hydrogens is 830 g/mol. The molecule has 0 bridgehead atoms. The maximum absolute atomic E-state index is 2.49. The summed E-state index contributed by atoms with van der Waals surface area (Å²) in [6.07, 6.45) is 0. The van der Waals surface area contributed by atoms with Crippen LogP contribution in [0, 0.1) is 0 Å². The Bertz CT molecular complexity index is 1150. The van der Waals surface area contributed by atoms with Gasteiger partial charge in [-0.25, -0.2) is 0 Å². The minimum atomic E-state index is -2.17. The van der Waals surface area contributed by atoms with Gasteiger partial charge < -0.3 is 0 Å². The van der Waals surface area contributed by atoms with E-state index in [0.717, 1.165) is 46.1 Å². The standard InChI is InChI=1S/2C16H18N.2Bi.2H/c2*1-3-17(4-2)16-12-8-11-15(13-16)14-9-6-5-7-10-14;;;;/h2*5-10,12-13H,3-4H2,1-2H3;;;;. The molecule has 0 atom stereocenters. The maximum atomic E-state index is 2.49. The predicted octanol–water partition coefficient (Wildman–Crippen LogP) is 5.45. The number of anilines is 2. The Kier molecular flexibility index (Phi) is 9.98. The van der Waals surface area contributed by atoms with Gasteiger partial charge in [-0.05, 0) is 0 Å². The molecule has 0 saturated heterocycles. The van der Waals surface area contributed by atoms with E-state index in [4.69, 9.17) is 0 Å². The second-order valence-corrected chi connectivity index (χ2v) is 33.1. The number of hydrogen-bond acceptors (Lipinski definition) is 2. The van der Waals surface area contributed by atoms with Crippen molar-refractivity contribution in [3.05, 3.63) is 97.1 Å². The van der Waals surface area contributed by atoms with Crippen molar-refractivity contribution in [1.29, 1.82) is 0 Å². The summed E-state index contributed by atoms with van der Waals surface area (Å²) in [4.78, 5) is 4.92. The van der Waals surface area contributed by atoms with Crippen LogP contribution >= 0.6 is 0 Å². The summed E-state index contributed by atoms with van der Waals surface area (Å²) >= 11 is -1.20. The van der Waals surface area contributed by atoms with E-state index in [1.807, 2.05) is 0 Å². The van der Waals surface area contributed by atoms with E-state index in [2.05, 4.69) is 135 Å². The van der Waals surface area contributed by atoms with Gasteiger partial charge in [-0.2, -0.15) is 0 Å². The van der Waals surface area contributed by atoms with Crippen LogP contribution in [-0.2, 0) is 0 Å². The molecule has 0 heterocycles. The molecule has 4 rings (SSSR count). The Morgan fingerprint density at radius 2 is 0.889 bits per heavy atom. The second kappa shape index (κ2) is 13.2. The van der Waals surface area contributed by atoms with E-state index in [0.29, 0.717) is 0 Å². The number of benzene rings is 4. The Morgan fingerprint density at radius 1 is 0.528 bits per heavy atom. The zero-order valence-electron chi connectivity index (χ0n) is 22.0. The molecule has 4 aromatic rings. The fourth-order valence-electron chi connectivity index (χ4n) is 4.87. The predicted molar refractivity (Wildman–Crippen MR) is 164 cm³/mol. The van der Waals surface area contributed by atoms with Gasteiger partial charge in [0.15, 0.2) is 0 Å². The molecule has 36 heavy (non-hydrogen) atoms. The van der Waals surface area contributed by atoms with Crippen LogP contribution in [-0.4, -0.2) is 63.1 Å². The zero-order chi connectivity index (χ0) is 25.5.